The zero-order chi connectivity index (χ0) is 13.1. The third-order valence-electron chi connectivity index (χ3n) is 2.66. The van der Waals surface area contributed by atoms with Crippen LogP contribution in [0.5, 0.6) is 0 Å². The third kappa shape index (κ3) is 2.76. The molecule has 0 aliphatic carbocycles. The summed E-state index contributed by atoms with van der Waals surface area (Å²) in [5.41, 5.74) is 0. The van der Waals surface area contributed by atoms with Crippen molar-refractivity contribution in [1.82, 2.24) is 10.4 Å². The molecule has 8 heteroatoms. The lowest BCUT2D eigenvalue weighted by molar-refractivity contribution is -0.177. The Morgan fingerprint density at radius 1 is 1.22 bits per heavy atom. The molecule has 0 radical (unpaired) electrons. The summed E-state index contributed by atoms with van der Waals surface area (Å²) < 4.78 is 4.71. The number of rotatable bonds is 3. The van der Waals surface area contributed by atoms with E-state index in [1.54, 1.807) is 0 Å². The van der Waals surface area contributed by atoms with Crippen LogP contribution in [0.3, 0.4) is 0 Å². The molecular weight excluding hydrogens is 244 g/mol. The summed E-state index contributed by atoms with van der Waals surface area (Å²) in [5, 5.41) is 3.01. The first-order chi connectivity index (χ1) is 8.56. The van der Waals surface area contributed by atoms with Crippen molar-refractivity contribution in [2.75, 3.05) is 6.61 Å². The van der Waals surface area contributed by atoms with Crippen molar-refractivity contribution < 1.29 is 28.8 Å². The Balaban J connectivity index is 1.73. The van der Waals surface area contributed by atoms with Crippen molar-refractivity contribution in [2.24, 2.45) is 0 Å². The zero-order valence-electron chi connectivity index (χ0n) is 9.51. The van der Waals surface area contributed by atoms with Gasteiger partial charge in [-0.15, -0.1) is 0 Å². The lowest BCUT2D eigenvalue weighted by Gasteiger charge is -2.14. The number of hydrogen-bond donors (Lipinski definition) is 1. The molecule has 1 atom stereocenters. The average Bonchev–Trinajstić information content (AvgIpc) is 2.87. The maximum absolute atomic E-state index is 11.2. The van der Waals surface area contributed by atoms with Crippen molar-refractivity contribution >= 4 is 23.9 Å². The van der Waals surface area contributed by atoms with Crippen LogP contribution in [0, 0.1) is 0 Å². The van der Waals surface area contributed by atoms with E-state index < -0.39 is 18.0 Å². The van der Waals surface area contributed by atoms with Crippen LogP contribution in [0.4, 0.5) is 4.79 Å². The first-order valence-corrected chi connectivity index (χ1v) is 5.56. The van der Waals surface area contributed by atoms with Crippen LogP contribution in [0.15, 0.2) is 0 Å². The summed E-state index contributed by atoms with van der Waals surface area (Å²) in [4.78, 5) is 48.9. The summed E-state index contributed by atoms with van der Waals surface area (Å²) in [5.74, 6) is -1.22. The topological polar surface area (TPSA) is 102 Å². The van der Waals surface area contributed by atoms with Gasteiger partial charge in [0.1, 0.15) is 6.61 Å². The van der Waals surface area contributed by atoms with E-state index in [1.165, 1.54) is 0 Å². The van der Waals surface area contributed by atoms with Gasteiger partial charge in [-0.05, 0) is 6.42 Å². The number of carbonyl (C=O) groups excluding carboxylic acids is 4. The molecule has 0 aromatic heterocycles. The second kappa shape index (κ2) is 5.03. The van der Waals surface area contributed by atoms with Gasteiger partial charge in [-0.25, -0.2) is 4.79 Å². The summed E-state index contributed by atoms with van der Waals surface area (Å²) in [7, 11) is 0. The summed E-state index contributed by atoms with van der Waals surface area (Å²) >= 11 is 0. The fourth-order valence-corrected chi connectivity index (χ4v) is 1.73. The quantitative estimate of drug-likeness (QED) is 0.538. The minimum Gasteiger partial charge on any atom is -0.431 e. The van der Waals surface area contributed by atoms with Crippen LogP contribution in [-0.2, 0) is 24.0 Å². The van der Waals surface area contributed by atoms with Crippen molar-refractivity contribution in [3.05, 3.63) is 0 Å². The zero-order valence-corrected chi connectivity index (χ0v) is 9.51. The standard InChI is InChI=1S/C10H12N2O6/c13-7-2-1-6(11-7)5-17-10(16)18-12-8(14)3-4-9(12)15/h6H,1-5H2,(H,11,13)/t6-/m1/s1. The second-order valence-corrected chi connectivity index (χ2v) is 4.04. The number of carbonyl (C=O) groups is 4. The summed E-state index contributed by atoms with van der Waals surface area (Å²) in [6.45, 7) is -0.0409. The van der Waals surface area contributed by atoms with Gasteiger partial charge in [0.2, 0.25) is 5.91 Å². The Bertz CT molecular complexity index is 391. The molecule has 1 N–H and O–H groups in total. The minimum atomic E-state index is -1.13. The number of imide groups is 1. The molecule has 2 fully saturated rings. The van der Waals surface area contributed by atoms with Crippen LogP contribution in [0.2, 0.25) is 0 Å². The molecule has 0 unspecified atom stereocenters. The molecule has 0 bridgehead atoms. The van der Waals surface area contributed by atoms with E-state index in [0.29, 0.717) is 17.9 Å². The Labute approximate surface area is 102 Å². The molecule has 0 saturated carbocycles. The van der Waals surface area contributed by atoms with Gasteiger partial charge in [0.15, 0.2) is 0 Å². The highest BCUT2D eigenvalue weighted by atomic mass is 16.8. The Morgan fingerprint density at radius 2 is 1.89 bits per heavy atom. The van der Waals surface area contributed by atoms with Crippen LogP contribution in [0.25, 0.3) is 0 Å². The molecule has 8 nitrogen and oxygen atoms in total. The molecule has 2 aliphatic heterocycles. The molecule has 0 spiro atoms. The molecule has 0 aromatic carbocycles. The first-order valence-electron chi connectivity index (χ1n) is 5.56. The van der Waals surface area contributed by atoms with Gasteiger partial charge in [0.25, 0.3) is 11.8 Å². The Kier molecular flexibility index (Phi) is 3.45. The molecular formula is C10H12N2O6. The Morgan fingerprint density at radius 3 is 2.44 bits per heavy atom. The van der Waals surface area contributed by atoms with Gasteiger partial charge in [-0.3, -0.25) is 19.2 Å². The summed E-state index contributed by atoms with van der Waals surface area (Å²) in [6.07, 6.45) is -0.0881. The number of ether oxygens (including phenoxy) is 1. The molecule has 2 rings (SSSR count). The Hall–Kier alpha value is -2.12. The number of hydrogen-bond acceptors (Lipinski definition) is 6. The van der Waals surface area contributed by atoms with E-state index in [4.69, 9.17) is 4.74 Å². The highest BCUT2D eigenvalue weighted by Crippen LogP contribution is 2.13. The third-order valence-corrected chi connectivity index (χ3v) is 2.66. The monoisotopic (exact) mass is 256 g/mol. The predicted molar refractivity (Wildman–Crippen MR) is 54.7 cm³/mol. The largest absolute Gasteiger partial charge is 0.534 e. The van der Waals surface area contributed by atoms with Crippen molar-refractivity contribution in [3.8, 4) is 0 Å². The van der Waals surface area contributed by atoms with Gasteiger partial charge in [-0.1, -0.05) is 5.06 Å². The van der Waals surface area contributed by atoms with Crippen LogP contribution in [0.1, 0.15) is 25.7 Å². The van der Waals surface area contributed by atoms with E-state index in [2.05, 4.69) is 10.2 Å². The van der Waals surface area contributed by atoms with Crippen molar-refractivity contribution in [3.63, 3.8) is 0 Å². The SMILES string of the molecule is O=C1CC[C@H](COC(=O)ON2C(=O)CCC2=O)N1. The van der Waals surface area contributed by atoms with Crippen LogP contribution >= 0.6 is 0 Å². The van der Waals surface area contributed by atoms with Gasteiger partial charge in [0.05, 0.1) is 6.04 Å². The smallest absolute Gasteiger partial charge is 0.431 e. The fourth-order valence-electron chi connectivity index (χ4n) is 1.73. The molecule has 0 aromatic rings. The van der Waals surface area contributed by atoms with Gasteiger partial charge >= 0.3 is 6.16 Å². The molecule has 2 saturated heterocycles. The van der Waals surface area contributed by atoms with E-state index in [-0.39, 0.29) is 31.4 Å². The molecule has 3 amide bonds. The van der Waals surface area contributed by atoms with E-state index >= 15 is 0 Å². The van der Waals surface area contributed by atoms with E-state index in [0.717, 1.165) is 0 Å². The number of hydroxylamine groups is 2. The summed E-state index contributed by atoms with van der Waals surface area (Å²) in [6, 6.07) is -0.241. The van der Waals surface area contributed by atoms with E-state index in [9.17, 15) is 19.2 Å². The van der Waals surface area contributed by atoms with Crippen LogP contribution < -0.4 is 5.32 Å². The highest BCUT2D eigenvalue weighted by Gasteiger charge is 2.33. The van der Waals surface area contributed by atoms with Crippen molar-refractivity contribution in [2.45, 2.75) is 31.7 Å². The number of amides is 3. The van der Waals surface area contributed by atoms with Gasteiger partial charge in [-0.2, -0.15) is 0 Å². The predicted octanol–water partition coefficient (Wildman–Crippen LogP) is -0.518. The average molecular weight is 256 g/mol. The molecule has 2 aliphatic rings. The highest BCUT2D eigenvalue weighted by molar-refractivity contribution is 6.01. The first kappa shape index (κ1) is 12.3. The van der Waals surface area contributed by atoms with Gasteiger partial charge in [0, 0.05) is 19.3 Å². The van der Waals surface area contributed by atoms with Crippen molar-refractivity contribution in [1.29, 1.82) is 0 Å². The maximum atomic E-state index is 11.2. The normalized spacial score (nSPS) is 23.2. The van der Waals surface area contributed by atoms with Gasteiger partial charge < -0.3 is 10.1 Å². The lowest BCUT2D eigenvalue weighted by Crippen LogP contribution is -2.35. The molecule has 98 valence electrons. The minimum absolute atomic E-state index is 0.0325. The van der Waals surface area contributed by atoms with Crippen LogP contribution in [-0.4, -0.2) is 41.6 Å². The second-order valence-electron chi connectivity index (χ2n) is 4.04. The molecule has 2 heterocycles. The number of nitrogens with one attached hydrogen (secondary N) is 1. The maximum Gasteiger partial charge on any atom is 0.534 e. The van der Waals surface area contributed by atoms with E-state index in [1.807, 2.05) is 0 Å². The molecule has 18 heavy (non-hydrogen) atoms. The fraction of sp³-hybridized carbons (Fsp3) is 0.600. The lowest BCUT2D eigenvalue weighted by atomic mass is 10.2. The number of nitrogens with zero attached hydrogens (tertiary/aromatic N) is 1.